The molecule has 3 aliphatic heterocycles. The van der Waals surface area contributed by atoms with E-state index in [1.165, 1.54) is 5.69 Å². The standard InChI is InChI=1S/C19H21N3O2S/c23-16-19(17(24)22(13-8-9-13)18(25)20-16)11-12-5-1-2-6-14(12)21-10-4-3-7-15(19)21/h1-2,5-6,13,15H,3-4,7-11H2,(H,20,23,25). The first-order chi connectivity index (χ1) is 12.1. The molecule has 25 heavy (non-hydrogen) atoms. The minimum absolute atomic E-state index is 0.0739. The first kappa shape index (κ1) is 15.3. The van der Waals surface area contributed by atoms with E-state index in [0.29, 0.717) is 11.5 Å². The SMILES string of the molecule is O=C1NC(=S)N(C2CC2)C(=O)C12Cc1ccccc1N1CCCCC12. The van der Waals surface area contributed by atoms with Gasteiger partial charge in [0.2, 0.25) is 11.8 Å². The molecule has 1 aromatic carbocycles. The summed E-state index contributed by atoms with van der Waals surface area (Å²) in [4.78, 5) is 30.8. The number of thiocarbonyl (C=S) groups is 1. The molecule has 2 saturated heterocycles. The zero-order valence-corrected chi connectivity index (χ0v) is 14.8. The Morgan fingerprint density at radius 3 is 2.72 bits per heavy atom. The molecule has 2 amide bonds. The molecule has 1 saturated carbocycles. The minimum Gasteiger partial charge on any atom is -0.367 e. The van der Waals surface area contributed by atoms with Crippen molar-refractivity contribution in [2.45, 2.75) is 50.6 Å². The van der Waals surface area contributed by atoms with Gasteiger partial charge in [-0.25, -0.2) is 0 Å². The Kier molecular flexibility index (Phi) is 3.23. The molecule has 3 fully saturated rings. The van der Waals surface area contributed by atoms with Crippen LogP contribution >= 0.6 is 12.2 Å². The lowest BCUT2D eigenvalue weighted by Crippen LogP contribution is -2.72. The number of benzene rings is 1. The predicted molar refractivity (Wildman–Crippen MR) is 98.2 cm³/mol. The Morgan fingerprint density at radius 1 is 1.12 bits per heavy atom. The number of para-hydroxylation sites is 1. The molecule has 2 atom stereocenters. The summed E-state index contributed by atoms with van der Waals surface area (Å²) in [6.45, 7) is 0.901. The molecule has 130 valence electrons. The van der Waals surface area contributed by atoms with Crippen molar-refractivity contribution in [1.29, 1.82) is 0 Å². The third kappa shape index (κ3) is 2.03. The van der Waals surface area contributed by atoms with E-state index >= 15 is 0 Å². The summed E-state index contributed by atoms with van der Waals surface area (Å²) in [5.74, 6) is -0.277. The third-order valence-corrected chi connectivity index (χ3v) is 6.50. The van der Waals surface area contributed by atoms with Crippen LogP contribution in [0.25, 0.3) is 0 Å². The van der Waals surface area contributed by atoms with Gasteiger partial charge in [0, 0.05) is 18.3 Å². The van der Waals surface area contributed by atoms with Crippen molar-refractivity contribution in [3.63, 3.8) is 0 Å². The van der Waals surface area contributed by atoms with Gasteiger partial charge in [0.25, 0.3) is 0 Å². The van der Waals surface area contributed by atoms with E-state index in [-0.39, 0.29) is 23.9 Å². The Bertz CT molecular complexity index is 791. The number of piperidine rings is 1. The van der Waals surface area contributed by atoms with E-state index in [1.807, 2.05) is 12.1 Å². The fourth-order valence-corrected chi connectivity index (χ4v) is 5.20. The van der Waals surface area contributed by atoms with Crippen LogP contribution in [0, 0.1) is 5.41 Å². The molecule has 5 nitrogen and oxygen atoms in total. The number of hydrogen-bond acceptors (Lipinski definition) is 4. The van der Waals surface area contributed by atoms with Gasteiger partial charge in [0.1, 0.15) is 0 Å². The number of nitrogens with zero attached hydrogens (tertiary/aromatic N) is 2. The molecule has 0 bridgehead atoms. The molecule has 6 heteroatoms. The topological polar surface area (TPSA) is 52.7 Å². The Morgan fingerprint density at radius 2 is 1.92 bits per heavy atom. The van der Waals surface area contributed by atoms with Gasteiger partial charge in [-0.05, 0) is 62.4 Å². The molecule has 0 aromatic heterocycles. The molecular formula is C19H21N3O2S. The van der Waals surface area contributed by atoms with Gasteiger partial charge >= 0.3 is 0 Å². The summed E-state index contributed by atoms with van der Waals surface area (Å²) in [5.41, 5.74) is 1.23. The van der Waals surface area contributed by atoms with Gasteiger partial charge in [-0.15, -0.1) is 0 Å². The summed E-state index contributed by atoms with van der Waals surface area (Å²) >= 11 is 5.33. The van der Waals surface area contributed by atoms with Crippen molar-refractivity contribution in [3.8, 4) is 0 Å². The molecule has 3 heterocycles. The van der Waals surface area contributed by atoms with Crippen molar-refractivity contribution in [2.24, 2.45) is 5.41 Å². The zero-order chi connectivity index (χ0) is 17.2. The summed E-state index contributed by atoms with van der Waals surface area (Å²) < 4.78 is 0. The predicted octanol–water partition coefficient (Wildman–Crippen LogP) is 1.99. The maximum atomic E-state index is 13.6. The van der Waals surface area contributed by atoms with E-state index in [4.69, 9.17) is 12.2 Å². The van der Waals surface area contributed by atoms with Crippen LogP contribution in [-0.4, -0.2) is 40.5 Å². The summed E-state index contributed by atoms with van der Waals surface area (Å²) in [7, 11) is 0. The number of anilines is 1. The molecule has 1 spiro atoms. The maximum Gasteiger partial charge on any atom is 0.247 e. The number of nitrogens with one attached hydrogen (secondary N) is 1. The molecule has 0 radical (unpaired) electrons. The Balaban J connectivity index is 1.66. The van der Waals surface area contributed by atoms with Gasteiger partial charge in [0.15, 0.2) is 10.5 Å². The van der Waals surface area contributed by atoms with Crippen molar-refractivity contribution in [2.75, 3.05) is 11.4 Å². The van der Waals surface area contributed by atoms with E-state index in [9.17, 15) is 9.59 Å². The second-order valence-corrected chi connectivity index (χ2v) is 8.03. The van der Waals surface area contributed by atoms with Crippen molar-refractivity contribution < 1.29 is 9.59 Å². The second-order valence-electron chi connectivity index (χ2n) is 7.65. The van der Waals surface area contributed by atoms with Crippen molar-refractivity contribution in [3.05, 3.63) is 29.8 Å². The Hall–Kier alpha value is -1.95. The van der Waals surface area contributed by atoms with Crippen LogP contribution in [0.2, 0.25) is 0 Å². The molecule has 2 unspecified atom stereocenters. The lowest BCUT2D eigenvalue weighted by molar-refractivity contribution is -0.153. The summed E-state index contributed by atoms with van der Waals surface area (Å²) in [6, 6.07) is 8.30. The normalized spacial score (nSPS) is 31.7. The lowest BCUT2D eigenvalue weighted by Gasteiger charge is -2.54. The molecule has 4 aliphatic rings. The molecule has 1 aromatic rings. The number of carbonyl (C=O) groups is 2. The number of rotatable bonds is 1. The lowest BCUT2D eigenvalue weighted by atomic mass is 9.66. The highest BCUT2D eigenvalue weighted by molar-refractivity contribution is 7.80. The first-order valence-electron chi connectivity index (χ1n) is 9.16. The highest BCUT2D eigenvalue weighted by atomic mass is 32.1. The molecule has 5 rings (SSSR count). The number of amides is 2. The number of fused-ring (bicyclic) bond motifs is 4. The van der Waals surface area contributed by atoms with Crippen LogP contribution in [-0.2, 0) is 16.0 Å². The van der Waals surface area contributed by atoms with Gasteiger partial charge < -0.3 is 10.2 Å². The van der Waals surface area contributed by atoms with Gasteiger partial charge in [-0.1, -0.05) is 18.2 Å². The van der Waals surface area contributed by atoms with Crippen LogP contribution in [0.15, 0.2) is 24.3 Å². The fraction of sp³-hybridized carbons (Fsp3) is 0.526. The highest BCUT2D eigenvalue weighted by Gasteiger charge is 2.62. The van der Waals surface area contributed by atoms with Crippen LogP contribution < -0.4 is 10.2 Å². The number of carbonyl (C=O) groups excluding carboxylic acids is 2. The maximum absolute atomic E-state index is 13.6. The molecule has 1 N–H and O–H groups in total. The van der Waals surface area contributed by atoms with Gasteiger partial charge in [0.05, 0.1) is 6.04 Å². The fourth-order valence-electron chi connectivity index (χ4n) is 4.88. The van der Waals surface area contributed by atoms with Gasteiger partial charge in [-0.3, -0.25) is 14.5 Å². The monoisotopic (exact) mass is 355 g/mol. The molecule has 1 aliphatic carbocycles. The van der Waals surface area contributed by atoms with Crippen molar-refractivity contribution >= 4 is 34.8 Å². The number of hydrogen-bond donors (Lipinski definition) is 1. The third-order valence-electron chi connectivity index (χ3n) is 6.20. The van der Waals surface area contributed by atoms with Crippen LogP contribution in [0.3, 0.4) is 0 Å². The summed E-state index contributed by atoms with van der Waals surface area (Å²) in [5, 5.41) is 3.17. The van der Waals surface area contributed by atoms with Crippen LogP contribution in [0.5, 0.6) is 0 Å². The second kappa shape index (κ2) is 5.27. The van der Waals surface area contributed by atoms with E-state index in [2.05, 4.69) is 22.3 Å². The average molecular weight is 355 g/mol. The zero-order valence-electron chi connectivity index (χ0n) is 14.0. The summed E-state index contributed by atoms with van der Waals surface area (Å²) in [6.07, 6.45) is 5.45. The quantitative estimate of drug-likeness (QED) is 0.618. The first-order valence-corrected chi connectivity index (χ1v) is 9.57. The van der Waals surface area contributed by atoms with Gasteiger partial charge in [-0.2, -0.15) is 0 Å². The minimum atomic E-state index is -1.04. The molecular weight excluding hydrogens is 334 g/mol. The van der Waals surface area contributed by atoms with Crippen LogP contribution in [0.1, 0.15) is 37.7 Å². The average Bonchev–Trinajstić information content (AvgIpc) is 3.45. The largest absolute Gasteiger partial charge is 0.367 e. The van der Waals surface area contributed by atoms with E-state index in [1.54, 1.807) is 4.90 Å². The van der Waals surface area contributed by atoms with Crippen molar-refractivity contribution in [1.82, 2.24) is 10.2 Å². The van der Waals surface area contributed by atoms with E-state index in [0.717, 1.165) is 44.2 Å². The van der Waals surface area contributed by atoms with E-state index < -0.39 is 5.41 Å². The Labute approximate surface area is 152 Å². The highest BCUT2D eigenvalue weighted by Crippen LogP contribution is 2.48. The van der Waals surface area contributed by atoms with Crippen LogP contribution in [0.4, 0.5) is 5.69 Å². The smallest absolute Gasteiger partial charge is 0.247 e.